The summed E-state index contributed by atoms with van der Waals surface area (Å²) in [7, 11) is 0. The molecule has 5 heteroatoms. The van der Waals surface area contributed by atoms with E-state index in [0.29, 0.717) is 17.3 Å². The van der Waals surface area contributed by atoms with Crippen molar-refractivity contribution in [2.24, 2.45) is 11.1 Å². The summed E-state index contributed by atoms with van der Waals surface area (Å²) in [4.78, 5) is 4.28. The third kappa shape index (κ3) is 2.81. The number of nitrogens with two attached hydrogens (primary N) is 1. The number of benzene rings is 1. The van der Waals surface area contributed by atoms with Crippen LogP contribution in [-0.4, -0.2) is 10.1 Å². The Morgan fingerprint density at radius 2 is 2.00 bits per heavy atom. The summed E-state index contributed by atoms with van der Waals surface area (Å²) < 4.78 is 18.5. The van der Waals surface area contributed by atoms with Crippen molar-refractivity contribution in [2.75, 3.05) is 0 Å². The molecule has 2 N–H and O–H groups in total. The molecule has 0 bridgehead atoms. The van der Waals surface area contributed by atoms with Crippen LogP contribution in [-0.2, 0) is 0 Å². The molecular formula is C14H18FN3O. The lowest BCUT2D eigenvalue weighted by Gasteiger charge is -2.23. The molecule has 1 heterocycles. The highest BCUT2D eigenvalue weighted by Crippen LogP contribution is 2.31. The van der Waals surface area contributed by atoms with Crippen molar-refractivity contribution in [3.8, 4) is 11.4 Å². The lowest BCUT2D eigenvalue weighted by molar-refractivity contribution is 0.253. The van der Waals surface area contributed by atoms with Crippen LogP contribution in [0, 0.1) is 18.2 Å². The Morgan fingerprint density at radius 3 is 2.63 bits per heavy atom. The highest BCUT2D eigenvalue weighted by molar-refractivity contribution is 5.59. The fraction of sp³-hybridized carbons (Fsp3) is 0.429. The van der Waals surface area contributed by atoms with Gasteiger partial charge in [-0.3, -0.25) is 0 Å². The van der Waals surface area contributed by atoms with Crippen LogP contribution in [0.1, 0.15) is 38.3 Å². The zero-order valence-electron chi connectivity index (χ0n) is 11.6. The number of rotatable bonds is 2. The molecule has 1 aromatic carbocycles. The molecule has 2 aromatic rings. The maximum atomic E-state index is 13.3. The summed E-state index contributed by atoms with van der Waals surface area (Å²) in [5.41, 5.74) is 7.39. The molecule has 0 fully saturated rings. The van der Waals surface area contributed by atoms with Gasteiger partial charge in [0.05, 0.1) is 6.04 Å². The molecule has 2 rings (SSSR count). The van der Waals surface area contributed by atoms with Gasteiger partial charge in [0.2, 0.25) is 11.7 Å². The van der Waals surface area contributed by atoms with E-state index in [1.165, 1.54) is 12.1 Å². The van der Waals surface area contributed by atoms with E-state index in [1.54, 1.807) is 6.07 Å². The van der Waals surface area contributed by atoms with Crippen LogP contribution in [0.25, 0.3) is 11.4 Å². The van der Waals surface area contributed by atoms with Gasteiger partial charge in [-0.15, -0.1) is 0 Å². The molecule has 102 valence electrons. The summed E-state index contributed by atoms with van der Waals surface area (Å²) in [6.07, 6.45) is 0. The minimum atomic E-state index is -0.359. The Kier molecular flexibility index (Phi) is 3.41. The van der Waals surface area contributed by atoms with Crippen LogP contribution in [0.5, 0.6) is 0 Å². The molecule has 1 aromatic heterocycles. The Hall–Kier alpha value is -1.75. The average Bonchev–Trinajstić information content (AvgIpc) is 2.79. The van der Waals surface area contributed by atoms with Gasteiger partial charge in [-0.25, -0.2) is 4.39 Å². The summed E-state index contributed by atoms with van der Waals surface area (Å²) in [6.45, 7) is 7.85. The van der Waals surface area contributed by atoms with E-state index < -0.39 is 0 Å². The van der Waals surface area contributed by atoms with Crippen molar-refractivity contribution in [3.63, 3.8) is 0 Å². The number of aromatic nitrogens is 2. The Labute approximate surface area is 111 Å². The van der Waals surface area contributed by atoms with Gasteiger partial charge in [0.1, 0.15) is 5.82 Å². The van der Waals surface area contributed by atoms with E-state index in [2.05, 4.69) is 10.1 Å². The topological polar surface area (TPSA) is 64.9 Å². The first-order valence-electron chi connectivity index (χ1n) is 6.15. The first-order valence-corrected chi connectivity index (χ1v) is 6.15. The SMILES string of the molecule is Cc1ccc(F)cc1-c1noc(C(N)C(C)(C)C)n1. The van der Waals surface area contributed by atoms with E-state index >= 15 is 0 Å². The zero-order chi connectivity index (χ0) is 14.2. The summed E-state index contributed by atoms with van der Waals surface area (Å²) >= 11 is 0. The van der Waals surface area contributed by atoms with Gasteiger partial charge in [0, 0.05) is 5.56 Å². The Balaban J connectivity index is 2.39. The predicted octanol–water partition coefficient (Wildman–Crippen LogP) is 3.23. The molecule has 0 amide bonds. The molecule has 1 atom stereocenters. The van der Waals surface area contributed by atoms with Crippen LogP contribution in [0.2, 0.25) is 0 Å². The van der Waals surface area contributed by atoms with E-state index in [9.17, 15) is 4.39 Å². The van der Waals surface area contributed by atoms with Crippen LogP contribution < -0.4 is 5.73 Å². The van der Waals surface area contributed by atoms with Gasteiger partial charge in [-0.1, -0.05) is 32.0 Å². The fourth-order valence-corrected chi connectivity index (χ4v) is 1.68. The van der Waals surface area contributed by atoms with Gasteiger partial charge in [0.25, 0.3) is 0 Å². The van der Waals surface area contributed by atoms with Crippen molar-refractivity contribution in [1.82, 2.24) is 10.1 Å². The van der Waals surface area contributed by atoms with Crippen molar-refractivity contribution < 1.29 is 8.91 Å². The van der Waals surface area contributed by atoms with Gasteiger partial charge in [0.15, 0.2) is 0 Å². The smallest absolute Gasteiger partial charge is 0.244 e. The van der Waals surface area contributed by atoms with Crippen LogP contribution in [0.15, 0.2) is 22.7 Å². The van der Waals surface area contributed by atoms with Crippen molar-refractivity contribution in [3.05, 3.63) is 35.5 Å². The van der Waals surface area contributed by atoms with E-state index in [-0.39, 0.29) is 17.3 Å². The highest BCUT2D eigenvalue weighted by Gasteiger charge is 2.28. The normalized spacial score (nSPS) is 13.6. The molecule has 0 radical (unpaired) electrons. The number of aryl methyl sites for hydroxylation is 1. The third-order valence-corrected chi connectivity index (χ3v) is 3.08. The van der Waals surface area contributed by atoms with Crippen LogP contribution in [0.3, 0.4) is 0 Å². The minimum Gasteiger partial charge on any atom is -0.337 e. The highest BCUT2D eigenvalue weighted by atomic mass is 19.1. The van der Waals surface area contributed by atoms with Gasteiger partial charge in [-0.05, 0) is 30.0 Å². The second-order valence-electron chi connectivity index (χ2n) is 5.76. The lowest BCUT2D eigenvalue weighted by atomic mass is 9.87. The fourth-order valence-electron chi connectivity index (χ4n) is 1.68. The zero-order valence-corrected chi connectivity index (χ0v) is 11.6. The van der Waals surface area contributed by atoms with E-state index in [4.69, 9.17) is 10.3 Å². The van der Waals surface area contributed by atoms with Crippen LogP contribution in [0.4, 0.5) is 4.39 Å². The summed E-state index contributed by atoms with van der Waals surface area (Å²) in [5, 5.41) is 3.89. The minimum absolute atomic E-state index is 0.180. The van der Waals surface area contributed by atoms with Crippen molar-refractivity contribution in [1.29, 1.82) is 0 Å². The number of halogens is 1. The molecule has 0 aliphatic carbocycles. The predicted molar refractivity (Wildman–Crippen MR) is 70.8 cm³/mol. The second kappa shape index (κ2) is 4.74. The lowest BCUT2D eigenvalue weighted by Crippen LogP contribution is -2.26. The van der Waals surface area contributed by atoms with Gasteiger partial charge in [-0.2, -0.15) is 4.98 Å². The maximum Gasteiger partial charge on any atom is 0.244 e. The van der Waals surface area contributed by atoms with E-state index in [1.807, 2.05) is 27.7 Å². The average molecular weight is 263 g/mol. The summed E-state index contributed by atoms with van der Waals surface area (Å²) in [5.74, 6) is 0.407. The Bertz CT molecular complexity index is 587. The van der Waals surface area contributed by atoms with Crippen LogP contribution >= 0.6 is 0 Å². The Morgan fingerprint density at radius 1 is 1.32 bits per heavy atom. The molecule has 0 saturated carbocycles. The molecule has 0 spiro atoms. The molecule has 19 heavy (non-hydrogen) atoms. The van der Waals surface area contributed by atoms with Gasteiger partial charge >= 0.3 is 0 Å². The largest absolute Gasteiger partial charge is 0.337 e. The molecular weight excluding hydrogens is 245 g/mol. The standard InChI is InChI=1S/C14H18FN3O/c1-8-5-6-9(15)7-10(8)12-17-13(19-18-12)11(16)14(2,3)4/h5-7,11H,16H2,1-4H3. The number of nitrogens with zero attached hydrogens (tertiary/aromatic N) is 2. The summed E-state index contributed by atoms with van der Waals surface area (Å²) in [6, 6.07) is 4.13. The quantitative estimate of drug-likeness (QED) is 0.903. The number of hydrogen-bond donors (Lipinski definition) is 1. The molecule has 0 aliphatic heterocycles. The van der Waals surface area contributed by atoms with E-state index in [0.717, 1.165) is 5.56 Å². The molecule has 4 nitrogen and oxygen atoms in total. The van der Waals surface area contributed by atoms with Crippen molar-refractivity contribution >= 4 is 0 Å². The number of hydrogen-bond acceptors (Lipinski definition) is 4. The maximum absolute atomic E-state index is 13.3. The molecule has 0 saturated heterocycles. The van der Waals surface area contributed by atoms with Gasteiger partial charge < -0.3 is 10.3 Å². The van der Waals surface area contributed by atoms with Crippen molar-refractivity contribution in [2.45, 2.75) is 33.7 Å². The monoisotopic (exact) mass is 263 g/mol. The second-order valence-corrected chi connectivity index (χ2v) is 5.76. The first kappa shape index (κ1) is 13.7. The first-order chi connectivity index (χ1) is 8.79. The third-order valence-electron chi connectivity index (χ3n) is 3.08. The molecule has 1 unspecified atom stereocenters. The molecule has 0 aliphatic rings.